The summed E-state index contributed by atoms with van der Waals surface area (Å²) in [5.74, 6) is 0.632. The van der Waals surface area contributed by atoms with Gasteiger partial charge in [0.2, 0.25) is 5.91 Å². The molecule has 4 nitrogen and oxygen atoms in total. The Labute approximate surface area is 105 Å². The highest BCUT2D eigenvalue weighted by molar-refractivity contribution is 6.30. The Morgan fingerprint density at radius 1 is 1.53 bits per heavy atom. The second-order valence-electron chi connectivity index (χ2n) is 4.33. The SMILES string of the molecule is CN(C)NC(=O)[C@H]1COc2ccc(Cl)cc2C1. The van der Waals surface area contributed by atoms with Crippen LogP contribution in [0.15, 0.2) is 18.2 Å². The number of halogens is 1. The number of hydrazine groups is 1. The van der Waals surface area contributed by atoms with E-state index in [-0.39, 0.29) is 11.8 Å². The Hall–Kier alpha value is -1.26. The average molecular weight is 255 g/mol. The van der Waals surface area contributed by atoms with Gasteiger partial charge in [-0.3, -0.25) is 10.2 Å². The fraction of sp³-hybridized carbons (Fsp3) is 0.417. The fourth-order valence-corrected chi connectivity index (χ4v) is 2.04. The van der Waals surface area contributed by atoms with E-state index in [4.69, 9.17) is 16.3 Å². The van der Waals surface area contributed by atoms with Gasteiger partial charge in [0.05, 0.1) is 5.92 Å². The van der Waals surface area contributed by atoms with E-state index in [0.29, 0.717) is 18.1 Å². The van der Waals surface area contributed by atoms with Gasteiger partial charge >= 0.3 is 0 Å². The van der Waals surface area contributed by atoms with Crippen LogP contribution in [-0.2, 0) is 11.2 Å². The van der Waals surface area contributed by atoms with Gasteiger partial charge in [0.15, 0.2) is 0 Å². The first kappa shape index (κ1) is 12.2. The van der Waals surface area contributed by atoms with Crippen LogP contribution in [0.5, 0.6) is 5.75 Å². The average Bonchev–Trinajstić information content (AvgIpc) is 2.27. The molecule has 0 unspecified atom stereocenters. The van der Waals surface area contributed by atoms with Crippen molar-refractivity contribution in [1.29, 1.82) is 0 Å². The van der Waals surface area contributed by atoms with Gasteiger partial charge in [0.1, 0.15) is 12.4 Å². The highest BCUT2D eigenvalue weighted by atomic mass is 35.5. The molecule has 2 rings (SSSR count). The Morgan fingerprint density at radius 3 is 3.00 bits per heavy atom. The molecule has 1 aromatic carbocycles. The summed E-state index contributed by atoms with van der Waals surface area (Å²) in [4.78, 5) is 11.8. The van der Waals surface area contributed by atoms with Crippen molar-refractivity contribution in [1.82, 2.24) is 10.4 Å². The fourth-order valence-electron chi connectivity index (χ4n) is 1.84. The summed E-state index contributed by atoms with van der Waals surface area (Å²) in [7, 11) is 3.57. The van der Waals surface area contributed by atoms with Crippen LogP contribution in [-0.4, -0.2) is 31.6 Å². The van der Waals surface area contributed by atoms with Gasteiger partial charge in [-0.15, -0.1) is 0 Å². The topological polar surface area (TPSA) is 41.6 Å². The molecule has 5 heteroatoms. The number of nitrogens with zero attached hydrogens (tertiary/aromatic N) is 1. The minimum Gasteiger partial charge on any atom is -0.492 e. The van der Waals surface area contributed by atoms with E-state index in [1.165, 1.54) is 0 Å². The predicted molar refractivity (Wildman–Crippen MR) is 66.0 cm³/mol. The van der Waals surface area contributed by atoms with E-state index in [0.717, 1.165) is 11.3 Å². The Morgan fingerprint density at radius 2 is 2.29 bits per heavy atom. The molecular formula is C12H15ClN2O2. The second kappa shape index (κ2) is 4.94. The number of hydrogen-bond acceptors (Lipinski definition) is 3. The molecule has 0 spiro atoms. The minimum absolute atomic E-state index is 0.0272. The summed E-state index contributed by atoms with van der Waals surface area (Å²) in [6, 6.07) is 5.49. The molecule has 17 heavy (non-hydrogen) atoms. The highest BCUT2D eigenvalue weighted by Gasteiger charge is 2.26. The third-order valence-electron chi connectivity index (χ3n) is 2.63. The van der Waals surface area contributed by atoms with Crippen molar-refractivity contribution >= 4 is 17.5 Å². The molecule has 1 aliphatic heterocycles. The molecule has 0 aromatic heterocycles. The third-order valence-corrected chi connectivity index (χ3v) is 2.87. The lowest BCUT2D eigenvalue weighted by Gasteiger charge is -2.25. The van der Waals surface area contributed by atoms with Crippen LogP contribution >= 0.6 is 11.6 Å². The van der Waals surface area contributed by atoms with E-state index in [9.17, 15) is 4.79 Å². The lowest BCUT2D eigenvalue weighted by Crippen LogP contribution is -2.43. The zero-order chi connectivity index (χ0) is 12.4. The number of benzene rings is 1. The molecule has 1 amide bonds. The predicted octanol–water partition coefficient (Wildman–Crippen LogP) is 1.48. The van der Waals surface area contributed by atoms with Gasteiger partial charge in [0.25, 0.3) is 0 Å². The van der Waals surface area contributed by atoms with E-state index in [2.05, 4.69) is 5.43 Å². The summed E-state index contributed by atoms with van der Waals surface area (Å²) in [5, 5.41) is 2.30. The highest BCUT2D eigenvalue weighted by Crippen LogP contribution is 2.29. The molecule has 0 bridgehead atoms. The number of fused-ring (bicyclic) bond motifs is 1. The van der Waals surface area contributed by atoms with Crippen molar-refractivity contribution in [3.05, 3.63) is 28.8 Å². The van der Waals surface area contributed by atoms with Crippen molar-refractivity contribution in [3.8, 4) is 5.75 Å². The lowest BCUT2D eigenvalue weighted by atomic mass is 9.96. The first-order valence-electron chi connectivity index (χ1n) is 5.45. The van der Waals surface area contributed by atoms with E-state index < -0.39 is 0 Å². The van der Waals surface area contributed by atoms with Crippen LogP contribution in [0.1, 0.15) is 5.56 Å². The zero-order valence-corrected chi connectivity index (χ0v) is 10.6. The Kier molecular flexibility index (Phi) is 3.54. The minimum atomic E-state index is -0.164. The number of nitrogens with one attached hydrogen (secondary N) is 1. The van der Waals surface area contributed by atoms with Gasteiger partial charge in [-0.25, -0.2) is 5.01 Å². The first-order valence-corrected chi connectivity index (χ1v) is 5.83. The number of carbonyl (C=O) groups is 1. The van der Waals surface area contributed by atoms with Crippen LogP contribution in [0.4, 0.5) is 0 Å². The van der Waals surface area contributed by atoms with Gasteiger partial charge in [0, 0.05) is 19.1 Å². The molecule has 0 fully saturated rings. The number of rotatable bonds is 2. The molecule has 1 aromatic rings. The molecule has 0 aliphatic carbocycles. The van der Waals surface area contributed by atoms with Crippen LogP contribution in [0, 0.1) is 5.92 Å². The maximum absolute atomic E-state index is 11.8. The largest absolute Gasteiger partial charge is 0.492 e. The van der Waals surface area contributed by atoms with Gasteiger partial charge in [-0.1, -0.05) is 11.6 Å². The summed E-state index contributed by atoms with van der Waals surface area (Å²) in [5.41, 5.74) is 3.73. The third kappa shape index (κ3) is 2.90. The molecule has 1 N–H and O–H groups in total. The Bertz CT molecular complexity index is 435. The van der Waals surface area contributed by atoms with Crippen molar-refractivity contribution in [2.45, 2.75) is 6.42 Å². The Balaban J connectivity index is 2.10. The lowest BCUT2D eigenvalue weighted by molar-refractivity contribution is -0.130. The summed E-state index contributed by atoms with van der Waals surface area (Å²) in [6.07, 6.45) is 0.662. The van der Waals surface area contributed by atoms with Gasteiger partial charge in [-0.2, -0.15) is 0 Å². The monoisotopic (exact) mass is 254 g/mol. The van der Waals surface area contributed by atoms with Crippen LogP contribution < -0.4 is 10.2 Å². The number of amides is 1. The van der Waals surface area contributed by atoms with Crippen molar-refractivity contribution in [2.75, 3.05) is 20.7 Å². The first-order chi connectivity index (χ1) is 8.06. The molecule has 92 valence electrons. The van der Waals surface area contributed by atoms with Crippen molar-refractivity contribution < 1.29 is 9.53 Å². The van der Waals surface area contributed by atoms with Crippen LogP contribution in [0.25, 0.3) is 0 Å². The van der Waals surface area contributed by atoms with E-state index in [1.807, 2.05) is 12.1 Å². The maximum Gasteiger partial charge on any atom is 0.241 e. The van der Waals surface area contributed by atoms with E-state index >= 15 is 0 Å². The normalized spacial score (nSPS) is 18.5. The number of hydrogen-bond donors (Lipinski definition) is 1. The molecular weight excluding hydrogens is 240 g/mol. The maximum atomic E-state index is 11.8. The quantitative estimate of drug-likeness (QED) is 0.813. The summed E-state index contributed by atoms with van der Waals surface area (Å²) >= 11 is 5.92. The van der Waals surface area contributed by atoms with Crippen molar-refractivity contribution in [3.63, 3.8) is 0 Å². The zero-order valence-electron chi connectivity index (χ0n) is 9.87. The standard InChI is InChI=1S/C12H15ClN2O2/c1-15(2)14-12(16)9-5-8-6-10(13)3-4-11(8)17-7-9/h3-4,6,9H,5,7H2,1-2H3,(H,14,16)/t9-/m1/s1. The van der Waals surface area contributed by atoms with Gasteiger partial charge < -0.3 is 4.74 Å². The van der Waals surface area contributed by atoms with Crippen molar-refractivity contribution in [2.24, 2.45) is 5.92 Å². The van der Waals surface area contributed by atoms with E-state index in [1.54, 1.807) is 25.2 Å². The molecule has 0 radical (unpaired) electrons. The van der Waals surface area contributed by atoms with Crippen LogP contribution in [0.3, 0.4) is 0 Å². The summed E-state index contributed by atoms with van der Waals surface area (Å²) < 4.78 is 5.56. The molecule has 1 atom stereocenters. The molecule has 1 aliphatic rings. The second-order valence-corrected chi connectivity index (χ2v) is 4.77. The summed E-state index contributed by atoms with van der Waals surface area (Å²) in [6.45, 7) is 0.411. The number of carbonyl (C=O) groups excluding carboxylic acids is 1. The van der Waals surface area contributed by atoms with Crippen LogP contribution in [0.2, 0.25) is 5.02 Å². The smallest absolute Gasteiger partial charge is 0.241 e. The van der Waals surface area contributed by atoms with Gasteiger partial charge in [-0.05, 0) is 30.2 Å². The number of ether oxygens (including phenoxy) is 1. The molecule has 0 saturated heterocycles. The molecule has 1 heterocycles. The molecule has 0 saturated carbocycles.